The number of carbonyl (C=O) groups excluding carboxylic acids is 1. The lowest BCUT2D eigenvalue weighted by Crippen LogP contribution is -2.21. The summed E-state index contributed by atoms with van der Waals surface area (Å²) < 4.78 is 0. The number of hydrogen-bond acceptors (Lipinski definition) is 4. The molecular weight excluding hydrogens is 264 g/mol. The van der Waals surface area contributed by atoms with Gasteiger partial charge in [0, 0.05) is 12.6 Å². The van der Waals surface area contributed by atoms with Crippen molar-refractivity contribution in [1.29, 1.82) is 0 Å². The van der Waals surface area contributed by atoms with Gasteiger partial charge in [0.1, 0.15) is 0 Å². The molecule has 110 valence electrons. The Labute approximate surface area is 124 Å². The normalized spacial score (nSPS) is 10.7. The molecule has 21 heavy (non-hydrogen) atoms. The average molecular weight is 284 g/mol. The number of nitrogens with two attached hydrogens (primary N) is 1. The Bertz CT molecular complexity index is 652. The van der Waals surface area contributed by atoms with Crippen LogP contribution in [0.3, 0.4) is 0 Å². The number of carbonyl (C=O) groups is 1. The first-order valence-electron chi connectivity index (χ1n) is 6.95. The Morgan fingerprint density at radius 2 is 2.14 bits per heavy atom. The van der Waals surface area contributed by atoms with E-state index < -0.39 is 0 Å². The van der Waals surface area contributed by atoms with Crippen molar-refractivity contribution in [2.75, 3.05) is 12.8 Å². The van der Waals surface area contributed by atoms with Gasteiger partial charge in [-0.1, -0.05) is 32.0 Å². The van der Waals surface area contributed by atoms with Crippen molar-refractivity contribution < 1.29 is 4.79 Å². The molecule has 0 saturated carbocycles. The monoisotopic (exact) mass is 284 g/mol. The summed E-state index contributed by atoms with van der Waals surface area (Å²) >= 11 is 0. The van der Waals surface area contributed by atoms with Crippen molar-refractivity contribution in [3.05, 3.63) is 41.7 Å². The van der Waals surface area contributed by atoms with Crippen LogP contribution in [0.1, 0.15) is 29.9 Å². The Hall–Kier alpha value is -2.43. The van der Waals surface area contributed by atoms with Crippen LogP contribution in [0.5, 0.6) is 0 Å². The van der Waals surface area contributed by atoms with E-state index in [0.717, 1.165) is 12.0 Å². The molecule has 1 amide bonds. The lowest BCUT2D eigenvalue weighted by Gasteiger charge is -2.09. The van der Waals surface area contributed by atoms with Crippen molar-refractivity contribution in [3.8, 4) is 11.3 Å². The molecule has 0 saturated heterocycles. The molecule has 0 atom stereocenters. The summed E-state index contributed by atoms with van der Waals surface area (Å²) in [6, 6.07) is 8.12. The van der Waals surface area contributed by atoms with Gasteiger partial charge in [0.15, 0.2) is 11.5 Å². The summed E-state index contributed by atoms with van der Waals surface area (Å²) in [7, 11) is 1.54. The molecule has 2 aromatic rings. The number of aromatic nitrogens is 2. The van der Waals surface area contributed by atoms with Gasteiger partial charge in [-0.2, -0.15) is 0 Å². The van der Waals surface area contributed by atoms with Gasteiger partial charge in [-0.05, 0) is 24.0 Å². The first-order chi connectivity index (χ1) is 10.0. The first kappa shape index (κ1) is 15.0. The molecular formula is C16H20N4O. The van der Waals surface area contributed by atoms with Crippen LogP contribution < -0.4 is 11.1 Å². The highest BCUT2D eigenvalue weighted by Gasteiger charge is 2.13. The topological polar surface area (TPSA) is 80.9 Å². The van der Waals surface area contributed by atoms with E-state index in [-0.39, 0.29) is 17.4 Å². The number of nitrogen functional groups attached to an aromatic ring is 1. The molecule has 0 aliphatic rings. The second-order valence-corrected chi connectivity index (χ2v) is 5.37. The molecule has 0 aliphatic carbocycles. The van der Waals surface area contributed by atoms with E-state index in [2.05, 4.69) is 41.3 Å². The fourth-order valence-corrected chi connectivity index (χ4v) is 2.15. The van der Waals surface area contributed by atoms with Crippen LogP contribution in [0.4, 0.5) is 5.82 Å². The van der Waals surface area contributed by atoms with E-state index in [4.69, 9.17) is 5.73 Å². The molecule has 0 spiro atoms. The summed E-state index contributed by atoms with van der Waals surface area (Å²) in [6.45, 7) is 4.36. The molecule has 0 fully saturated rings. The Kier molecular flexibility index (Phi) is 4.52. The van der Waals surface area contributed by atoms with Crippen LogP contribution in [0.2, 0.25) is 0 Å². The minimum Gasteiger partial charge on any atom is -0.382 e. The standard InChI is InChI=1S/C16H20N4O/c1-10(2)7-11-5-4-6-12(8-11)13-9-19-15(17)14(20-13)16(21)18-3/h4-6,8-10H,7H2,1-3H3,(H2,17,19)(H,18,21). The highest BCUT2D eigenvalue weighted by molar-refractivity contribution is 5.96. The molecule has 1 aromatic carbocycles. The van der Waals surface area contributed by atoms with E-state index in [1.54, 1.807) is 13.2 Å². The van der Waals surface area contributed by atoms with Crippen molar-refractivity contribution in [2.45, 2.75) is 20.3 Å². The van der Waals surface area contributed by atoms with E-state index in [1.807, 2.05) is 12.1 Å². The second-order valence-electron chi connectivity index (χ2n) is 5.37. The van der Waals surface area contributed by atoms with Gasteiger partial charge < -0.3 is 11.1 Å². The number of hydrogen-bond donors (Lipinski definition) is 2. The summed E-state index contributed by atoms with van der Waals surface area (Å²) in [5.41, 5.74) is 8.68. The largest absolute Gasteiger partial charge is 0.382 e. The fraction of sp³-hybridized carbons (Fsp3) is 0.312. The number of amides is 1. The minimum absolute atomic E-state index is 0.136. The number of benzene rings is 1. The van der Waals surface area contributed by atoms with Gasteiger partial charge in [0.25, 0.3) is 5.91 Å². The third-order valence-electron chi connectivity index (χ3n) is 3.11. The van der Waals surface area contributed by atoms with Crippen molar-refractivity contribution >= 4 is 11.7 Å². The van der Waals surface area contributed by atoms with Gasteiger partial charge >= 0.3 is 0 Å². The zero-order valence-electron chi connectivity index (χ0n) is 12.6. The summed E-state index contributed by atoms with van der Waals surface area (Å²) in [5, 5.41) is 2.52. The smallest absolute Gasteiger partial charge is 0.273 e. The Morgan fingerprint density at radius 1 is 1.38 bits per heavy atom. The first-order valence-corrected chi connectivity index (χ1v) is 6.95. The van der Waals surface area contributed by atoms with Crippen LogP contribution in [0, 0.1) is 5.92 Å². The van der Waals surface area contributed by atoms with E-state index in [1.165, 1.54) is 5.56 Å². The molecule has 5 heteroatoms. The minimum atomic E-state index is -0.333. The molecule has 3 N–H and O–H groups in total. The van der Waals surface area contributed by atoms with Gasteiger partial charge in [-0.25, -0.2) is 9.97 Å². The van der Waals surface area contributed by atoms with Crippen LogP contribution in [-0.4, -0.2) is 22.9 Å². The lowest BCUT2D eigenvalue weighted by molar-refractivity contribution is 0.0959. The van der Waals surface area contributed by atoms with Crippen molar-refractivity contribution in [3.63, 3.8) is 0 Å². The van der Waals surface area contributed by atoms with Gasteiger partial charge in [-0.3, -0.25) is 4.79 Å². The van der Waals surface area contributed by atoms with Crippen LogP contribution in [0.15, 0.2) is 30.5 Å². The van der Waals surface area contributed by atoms with E-state index >= 15 is 0 Å². The number of nitrogens with zero attached hydrogens (tertiary/aromatic N) is 2. The maximum Gasteiger partial charge on any atom is 0.273 e. The predicted octanol–water partition coefficient (Wildman–Crippen LogP) is 2.28. The maximum atomic E-state index is 11.7. The van der Waals surface area contributed by atoms with Gasteiger partial charge in [0.2, 0.25) is 0 Å². The Morgan fingerprint density at radius 3 is 2.81 bits per heavy atom. The molecule has 1 heterocycles. The van der Waals surface area contributed by atoms with Gasteiger partial charge in [0.05, 0.1) is 11.9 Å². The van der Waals surface area contributed by atoms with Crippen LogP contribution in [0.25, 0.3) is 11.3 Å². The van der Waals surface area contributed by atoms with Crippen LogP contribution in [-0.2, 0) is 6.42 Å². The summed E-state index contributed by atoms with van der Waals surface area (Å²) in [5.74, 6) is 0.385. The van der Waals surface area contributed by atoms with E-state index in [9.17, 15) is 4.79 Å². The third kappa shape index (κ3) is 3.56. The third-order valence-corrected chi connectivity index (χ3v) is 3.11. The summed E-state index contributed by atoms with van der Waals surface area (Å²) in [6.07, 6.45) is 2.59. The highest BCUT2D eigenvalue weighted by atomic mass is 16.1. The zero-order valence-corrected chi connectivity index (χ0v) is 12.6. The molecule has 1 aromatic heterocycles. The van der Waals surface area contributed by atoms with E-state index in [0.29, 0.717) is 11.6 Å². The lowest BCUT2D eigenvalue weighted by atomic mass is 10.00. The van der Waals surface area contributed by atoms with Crippen LogP contribution >= 0.6 is 0 Å². The number of rotatable bonds is 4. The van der Waals surface area contributed by atoms with Crippen molar-refractivity contribution in [1.82, 2.24) is 15.3 Å². The quantitative estimate of drug-likeness (QED) is 0.902. The molecule has 5 nitrogen and oxygen atoms in total. The highest BCUT2D eigenvalue weighted by Crippen LogP contribution is 2.21. The van der Waals surface area contributed by atoms with Crippen molar-refractivity contribution in [2.24, 2.45) is 5.92 Å². The molecule has 0 aliphatic heterocycles. The predicted molar refractivity (Wildman–Crippen MR) is 83.8 cm³/mol. The number of anilines is 1. The molecule has 0 unspecified atom stereocenters. The molecule has 2 rings (SSSR count). The molecule has 0 radical (unpaired) electrons. The second kappa shape index (κ2) is 6.35. The molecule has 0 bridgehead atoms. The van der Waals surface area contributed by atoms with Gasteiger partial charge in [-0.15, -0.1) is 0 Å². The fourth-order valence-electron chi connectivity index (χ4n) is 2.15. The average Bonchev–Trinajstić information content (AvgIpc) is 2.46. The maximum absolute atomic E-state index is 11.7. The SMILES string of the molecule is CNC(=O)c1nc(-c2cccc(CC(C)C)c2)cnc1N. The summed E-state index contributed by atoms with van der Waals surface area (Å²) in [4.78, 5) is 20.1. The Balaban J connectivity index is 2.40. The number of nitrogens with one attached hydrogen (secondary N) is 1. The zero-order chi connectivity index (χ0) is 15.4.